The topological polar surface area (TPSA) is 12.4 Å². The van der Waals surface area contributed by atoms with Gasteiger partial charge < -0.3 is 0 Å². The molecule has 0 spiro atoms. The Morgan fingerprint density at radius 1 is 1.21 bits per heavy atom. The number of hydrogen-bond acceptors (Lipinski definition) is 1. The van der Waals surface area contributed by atoms with Crippen LogP contribution in [0.5, 0.6) is 0 Å². The molecule has 0 aliphatic carbocycles. The van der Waals surface area contributed by atoms with Crippen LogP contribution in [0.1, 0.15) is 47.5 Å². The van der Waals surface area contributed by atoms with Crippen LogP contribution in [0.15, 0.2) is 64.9 Å². The van der Waals surface area contributed by atoms with E-state index in [0.29, 0.717) is 0 Å². The highest BCUT2D eigenvalue weighted by Crippen LogP contribution is 2.17. The molecule has 0 N–H and O–H groups in total. The molecule has 0 bridgehead atoms. The normalized spacial score (nSPS) is 14.6. The van der Waals surface area contributed by atoms with Crippen LogP contribution in [0, 0.1) is 0 Å². The summed E-state index contributed by atoms with van der Waals surface area (Å²) in [5, 5.41) is 0. The van der Waals surface area contributed by atoms with Gasteiger partial charge in [0.2, 0.25) is 0 Å². The first kappa shape index (κ1) is 17.4. The van der Waals surface area contributed by atoms with Crippen LogP contribution in [-0.4, -0.2) is 5.71 Å². The maximum Gasteiger partial charge on any atom is 0.0622 e. The lowest BCUT2D eigenvalue weighted by Crippen LogP contribution is -1.99. The molecule has 0 radical (unpaired) electrons. The molecule has 0 saturated carbocycles. The standard InChI is InChI=1S/C18H27N/c1-8-11-13-18(15(5)12-9-2)19-17(7)16(6)14(4)10-3/h8,10-11,13H,1,6,9,12H2,2-5,7H3/b13-11-,14-10-,18-15+,19-17?. The van der Waals surface area contributed by atoms with Gasteiger partial charge in [0.15, 0.2) is 0 Å². The van der Waals surface area contributed by atoms with Crippen LogP contribution < -0.4 is 0 Å². The molecule has 0 aliphatic heterocycles. The van der Waals surface area contributed by atoms with Gasteiger partial charge in [0, 0.05) is 5.71 Å². The monoisotopic (exact) mass is 257 g/mol. The van der Waals surface area contributed by atoms with Crippen molar-refractivity contribution in [1.82, 2.24) is 0 Å². The highest BCUT2D eigenvalue weighted by molar-refractivity contribution is 6.02. The Hall–Kier alpha value is -1.63. The Morgan fingerprint density at radius 3 is 2.32 bits per heavy atom. The molecule has 0 atom stereocenters. The molecule has 0 aromatic carbocycles. The molecule has 1 nitrogen and oxygen atoms in total. The summed E-state index contributed by atoms with van der Waals surface area (Å²) < 4.78 is 0. The van der Waals surface area contributed by atoms with Crippen molar-refractivity contribution in [3.8, 4) is 0 Å². The van der Waals surface area contributed by atoms with Gasteiger partial charge in [-0.05, 0) is 56.9 Å². The second-order valence-electron chi connectivity index (χ2n) is 4.66. The Morgan fingerprint density at radius 2 is 1.84 bits per heavy atom. The summed E-state index contributed by atoms with van der Waals surface area (Å²) in [5.41, 5.74) is 5.45. The average molecular weight is 257 g/mol. The third kappa shape index (κ3) is 6.19. The predicted molar refractivity (Wildman–Crippen MR) is 88.6 cm³/mol. The van der Waals surface area contributed by atoms with Crippen molar-refractivity contribution in [2.24, 2.45) is 4.99 Å². The van der Waals surface area contributed by atoms with Crippen molar-refractivity contribution in [2.75, 3.05) is 0 Å². The average Bonchev–Trinajstić information content (AvgIpc) is 2.41. The van der Waals surface area contributed by atoms with Crippen LogP contribution in [0.25, 0.3) is 0 Å². The summed E-state index contributed by atoms with van der Waals surface area (Å²) in [5.74, 6) is 0. The van der Waals surface area contributed by atoms with Crippen LogP contribution >= 0.6 is 0 Å². The van der Waals surface area contributed by atoms with Crippen LogP contribution in [0.4, 0.5) is 0 Å². The third-order valence-electron chi connectivity index (χ3n) is 3.09. The fourth-order valence-electron chi connectivity index (χ4n) is 1.64. The minimum absolute atomic E-state index is 0.967. The SMILES string of the molecule is C=C/C=C\C(N=C(C)C(=C)/C(C)=C\C)=C(\C)CCC. The van der Waals surface area contributed by atoms with E-state index in [1.54, 1.807) is 6.08 Å². The summed E-state index contributed by atoms with van der Waals surface area (Å²) in [4.78, 5) is 4.72. The van der Waals surface area contributed by atoms with Crippen molar-refractivity contribution in [3.63, 3.8) is 0 Å². The van der Waals surface area contributed by atoms with E-state index in [1.807, 2.05) is 26.0 Å². The van der Waals surface area contributed by atoms with Crippen LogP contribution in [-0.2, 0) is 0 Å². The van der Waals surface area contributed by atoms with Gasteiger partial charge in [-0.2, -0.15) is 0 Å². The Balaban J connectivity index is 5.43. The highest BCUT2D eigenvalue weighted by atomic mass is 14.8. The molecule has 0 fully saturated rings. The molecule has 0 amide bonds. The number of aliphatic imine (C=N–C) groups is 1. The van der Waals surface area contributed by atoms with Gasteiger partial charge in [0.05, 0.1) is 5.70 Å². The van der Waals surface area contributed by atoms with E-state index < -0.39 is 0 Å². The van der Waals surface area contributed by atoms with E-state index >= 15 is 0 Å². The molecule has 1 heteroatoms. The largest absolute Gasteiger partial charge is 0.253 e. The van der Waals surface area contributed by atoms with Gasteiger partial charge in [0.25, 0.3) is 0 Å². The first-order chi connectivity index (χ1) is 8.97. The van der Waals surface area contributed by atoms with Gasteiger partial charge in [0.1, 0.15) is 0 Å². The Bertz CT molecular complexity index is 442. The molecule has 0 unspecified atom stereocenters. The van der Waals surface area contributed by atoms with E-state index in [9.17, 15) is 0 Å². The van der Waals surface area contributed by atoms with Gasteiger partial charge in [-0.1, -0.05) is 44.7 Å². The zero-order valence-corrected chi connectivity index (χ0v) is 13.1. The second-order valence-corrected chi connectivity index (χ2v) is 4.66. The van der Waals surface area contributed by atoms with Crippen molar-refractivity contribution in [1.29, 1.82) is 0 Å². The summed E-state index contributed by atoms with van der Waals surface area (Å²) in [7, 11) is 0. The molecule has 104 valence electrons. The number of allylic oxidation sites excluding steroid dienone is 7. The first-order valence-corrected chi connectivity index (χ1v) is 6.84. The van der Waals surface area contributed by atoms with Gasteiger partial charge in [-0.15, -0.1) is 0 Å². The minimum Gasteiger partial charge on any atom is -0.253 e. The molecule has 0 saturated heterocycles. The van der Waals surface area contributed by atoms with Crippen LogP contribution in [0.2, 0.25) is 0 Å². The zero-order valence-electron chi connectivity index (χ0n) is 13.1. The first-order valence-electron chi connectivity index (χ1n) is 6.84. The number of hydrogen-bond donors (Lipinski definition) is 0. The lowest BCUT2D eigenvalue weighted by Gasteiger charge is -2.08. The van der Waals surface area contributed by atoms with E-state index in [1.165, 1.54) is 11.1 Å². The molecular weight excluding hydrogens is 230 g/mol. The van der Waals surface area contributed by atoms with E-state index in [0.717, 1.165) is 29.8 Å². The smallest absolute Gasteiger partial charge is 0.0622 e. The number of rotatable bonds is 7. The lowest BCUT2D eigenvalue weighted by molar-refractivity contribution is 0.893. The highest BCUT2D eigenvalue weighted by Gasteiger charge is 2.03. The predicted octanol–water partition coefficient (Wildman–Crippen LogP) is 5.79. The van der Waals surface area contributed by atoms with Crippen LogP contribution in [0.3, 0.4) is 0 Å². The summed E-state index contributed by atoms with van der Waals surface area (Å²) in [6, 6.07) is 0. The molecule has 0 heterocycles. The summed E-state index contributed by atoms with van der Waals surface area (Å²) >= 11 is 0. The van der Waals surface area contributed by atoms with E-state index in [2.05, 4.69) is 40.0 Å². The molecule has 0 aromatic rings. The molecule has 0 rings (SSSR count). The fraction of sp³-hybridized carbons (Fsp3) is 0.389. The van der Waals surface area contributed by atoms with Crippen molar-refractivity contribution < 1.29 is 0 Å². The summed E-state index contributed by atoms with van der Waals surface area (Å²) in [6.45, 7) is 18.2. The van der Waals surface area contributed by atoms with Crippen molar-refractivity contribution in [2.45, 2.75) is 47.5 Å². The molecular formula is C18H27N. The Labute approximate surface area is 118 Å². The molecule has 0 aromatic heterocycles. The lowest BCUT2D eigenvalue weighted by atomic mass is 10.0. The maximum atomic E-state index is 4.72. The number of nitrogens with zero attached hydrogens (tertiary/aromatic N) is 1. The van der Waals surface area contributed by atoms with Gasteiger partial charge >= 0.3 is 0 Å². The Kier molecular flexibility index (Phi) is 8.52. The minimum atomic E-state index is 0.967. The second kappa shape index (κ2) is 9.32. The maximum absolute atomic E-state index is 4.72. The quantitative estimate of drug-likeness (QED) is 0.404. The van der Waals surface area contributed by atoms with E-state index in [4.69, 9.17) is 4.99 Å². The summed E-state index contributed by atoms with van der Waals surface area (Å²) in [6.07, 6.45) is 9.96. The van der Waals surface area contributed by atoms with Gasteiger partial charge in [-0.3, -0.25) is 4.99 Å². The molecule has 19 heavy (non-hydrogen) atoms. The zero-order chi connectivity index (χ0) is 14.8. The molecule has 0 aliphatic rings. The fourth-order valence-corrected chi connectivity index (χ4v) is 1.64. The van der Waals surface area contributed by atoms with Crippen molar-refractivity contribution >= 4 is 5.71 Å². The van der Waals surface area contributed by atoms with Gasteiger partial charge in [-0.25, -0.2) is 0 Å². The van der Waals surface area contributed by atoms with Crippen molar-refractivity contribution in [3.05, 3.63) is 59.9 Å². The van der Waals surface area contributed by atoms with E-state index in [-0.39, 0.29) is 0 Å². The third-order valence-corrected chi connectivity index (χ3v) is 3.09.